The number of hydrogen-bond acceptors (Lipinski definition) is 3. The van der Waals surface area contributed by atoms with E-state index < -0.39 is 5.97 Å². The molecule has 17 heavy (non-hydrogen) atoms. The van der Waals surface area contributed by atoms with E-state index in [-0.39, 0.29) is 6.42 Å². The van der Waals surface area contributed by atoms with Gasteiger partial charge >= 0.3 is 5.97 Å². The number of hydrogen-bond donors (Lipinski definition) is 1. The minimum Gasteiger partial charge on any atom is -0.481 e. The maximum atomic E-state index is 10.8. The maximum Gasteiger partial charge on any atom is 0.309 e. The molecule has 2 rings (SSSR count). The van der Waals surface area contributed by atoms with E-state index in [1.807, 2.05) is 25.1 Å². The molecule has 0 aliphatic heterocycles. The van der Waals surface area contributed by atoms with Crippen molar-refractivity contribution < 1.29 is 9.90 Å². The van der Waals surface area contributed by atoms with Crippen molar-refractivity contribution in [3.8, 4) is 11.3 Å². The first-order valence-electron chi connectivity index (χ1n) is 5.25. The van der Waals surface area contributed by atoms with Gasteiger partial charge in [0.15, 0.2) is 0 Å². The Morgan fingerprint density at radius 1 is 1.47 bits per heavy atom. The first-order chi connectivity index (χ1) is 8.09. The summed E-state index contributed by atoms with van der Waals surface area (Å²) in [6.07, 6.45) is 1.60. The number of carboxylic acid groups (broad SMARTS) is 1. The molecule has 5 heteroatoms. The van der Waals surface area contributed by atoms with Crippen molar-refractivity contribution in [2.45, 2.75) is 13.3 Å². The Morgan fingerprint density at radius 2 is 2.24 bits per heavy atom. The van der Waals surface area contributed by atoms with Crippen molar-refractivity contribution in [3.63, 3.8) is 0 Å². The zero-order valence-corrected chi connectivity index (χ0v) is 9.71. The normalized spacial score (nSPS) is 10.5. The summed E-state index contributed by atoms with van der Waals surface area (Å²) in [7, 11) is 1.80. The Labute approximate surface area is 98.7 Å². The van der Waals surface area contributed by atoms with Gasteiger partial charge in [0, 0.05) is 24.5 Å². The lowest BCUT2D eigenvalue weighted by atomic mass is 10.1. The number of aryl methyl sites for hydroxylation is 1. The van der Waals surface area contributed by atoms with Gasteiger partial charge < -0.3 is 5.11 Å². The molecule has 0 aliphatic carbocycles. The van der Waals surface area contributed by atoms with Gasteiger partial charge in [-0.05, 0) is 19.1 Å². The number of pyridine rings is 1. The van der Waals surface area contributed by atoms with E-state index in [2.05, 4.69) is 10.1 Å². The van der Waals surface area contributed by atoms with E-state index >= 15 is 0 Å². The monoisotopic (exact) mass is 231 g/mol. The highest BCUT2D eigenvalue weighted by atomic mass is 16.4. The lowest BCUT2D eigenvalue weighted by Crippen LogP contribution is -2.02. The summed E-state index contributed by atoms with van der Waals surface area (Å²) in [6.45, 7) is 1.91. The number of nitrogens with zero attached hydrogens (tertiary/aromatic N) is 3. The SMILES string of the molecule is Cc1c(-c2ccccn2)c(CC(=O)O)nn1C. The highest BCUT2D eigenvalue weighted by Crippen LogP contribution is 2.25. The number of carboxylic acids is 1. The van der Waals surface area contributed by atoms with Gasteiger partial charge in [-0.15, -0.1) is 0 Å². The molecule has 0 fully saturated rings. The van der Waals surface area contributed by atoms with Crippen molar-refractivity contribution in [3.05, 3.63) is 35.8 Å². The second-order valence-electron chi connectivity index (χ2n) is 3.82. The molecule has 0 aromatic carbocycles. The minimum atomic E-state index is -0.889. The van der Waals surface area contributed by atoms with Crippen LogP contribution in [-0.2, 0) is 18.3 Å². The molecule has 5 nitrogen and oxygen atoms in total. The number of carbonyl (C=O) groups is 1. The number of aliphatic carboxylic acids is 1. The van der Waals surface area contributed by atoms with Crippen LogP contribution in [0.5, 0.6) is 0 Å². The molecule has 0 bridgehead atoms. The molecular formula is C12H13N3O2. The lowest BCUT2D eigenvalue weighted by molar-refractivity contribution is -0.136. The molecule has 0 unspecified atom stereocenters. The van der Waals surface area contributed by atoms with E-state index in [1.54, 1.807) is 17.9 Å². The summed E-state index contributed by atoms with van der Waals surface area (Å²) >= 11 is 0. The van der Waals surface area contributed by atoms with Crippen LogP contribution in [0.3, 0.4) is 0 Å². The summed E-state index contributed by atoms with van der Waals surface area (Å²) in [5.41, 5.74) is 3.04. The van der Waals surface area contributed by atoms with Gasteiger partial charge in [0.05, 0.1) is 17.8 Å². The smallest absolute Gasteiger partial charge is 0.309 e. The van der Waals surface area contributed by atoms with E-state index in [0.29, 0.717) is 5.69 Å². The van der Waals surface area contributed by atoms with Crippen LogP contribution in [0.1, 0.15) is 11.4 Å². The zero-order valence-electron chi connectivity index (χ0n) is 9.71. The Morgan fingerprint density at radius 3 is 2.82 bits per heavy atom. The molecule has 0 amide bonds. The summed E-state index contributed by atoms with van der Waals surface area (Å²) in [6, 6.07) is 5.56. The first-order valence-corrected chi connectivity index (χ1v) is 5.25. The molecular weight excluding hydrogens is 218 g/mol. The highest BCUT2D eigenvalue weighted by molar-refractivity contribution is 5.75. The average molecular weight is 231 g/mol. The van der Waals surface area contributed by atoms with Gasteiger partial charge in [-0.1, -0.05) is 6.07 Å². The Hall–Kier alpha value is -2.17. The summed E-state index contributed by atoms with van der Waals surface area (Å²) in [4.78, 5) is 15.0. The van der Waals surface area contributed by atoms with Crippen LogP contribution in [0.25, 0.3) is 11.3 Å². The predicted molar refractivity (Wildman–Crippen MR) is 62.5 cm³/mol. The molecule has 0 saturated carbocycles. The molecule has 2 heterocycles. The first kappa shape index (κ1) is 11.3. The van der Waals surface area contributed by atoms with Crippen molar-refractivity contribution in [1.29, 1.82) is 0 Å². The molecule has 0 radical (unpaired) electrons. The van der Waals surface area contributed by atoms with Crippen LogP contribution in [0.4, 0.5) is 0 Å². The number of aromatic nitrogens is 3. The third-order valence-electron chi connectivity index (χ3n) is 2.65. The molecule has 1 N–H and O–H groups in total. The van der Waals surface area contributed by atoms with Crippen molar-refractivity contribution in [1.82, 2.24) is 14.8 Å². The summed E-state index contributed by atoms with van der Waals surface area (Å²) < 4.78 is 1.68. The minimum absolute atomic E-state index is 0.0897. The van der Waals surface area contributed by atoms with Gasteiger partial charge in [-0.2, -0.15) is 5.10 Å². The topological polar surface area (TPSA) is 68.0 Å². The fourth-order valence-electron chi connectivity index (χ4n) is 1.79. The van der Waals surface area contributed by atoms with Gasteiger partial charge in [-0.25, -0.2) is 0 Å². The highest BCUT2D eigenvalue weighted by Gasteiger charge is 2.17. The maximum absolute atomic E-state index is 10.8. The van der Waals surface area contributed by atoms with E-state index in [4.69, 9.17) is 5.11 Å². The standard InChI is InChI=1S/C12H13N3O2/c1-8-12(9-5-3-4-6-13-9)10(7-11(16)17)14-15(8)2/h3-6H,7H2,1-2H3,(H,16,17). The lowest BCUT2D eigenvalue weighted by Gasteiger charge is -2.01. The molecule has 0 aliphatic rings. The second-order valence-corrected chi connectivity index (χ2v) is 3.82. The third-order valence-corrected chi connectivity index (χ3v) is 2.65. The molecule has 2 aromatic rings. The summed E-state index contributed by atoms with van der Waals surface area (Å²) in [5, 5.41) is 13.1. The van der Waals surface area contributed by atoms with Crippen LogP contribution in [-0.4, -0.2) is 25.8 Å². The average Bonchev–Trinajstić information content (AvgIpc) is 2.55. The van der Waals surface area contributed by atoms with Gasteiger partial charge in [-0.3, -0.25) is 14.5 Å². The van der Waals surface area contributed by atoms with Crippen molar-refractivity contribution >= 4 is 5.97 Å². The molecule has 0 spiro atoms. The summed E-state index contributed by atoms with van der Waals surface area (Å²) in [5.74, 6) is -0.889. The van der Waals surface area contributed by atoms with Crippen LogP contribution in [0.15, 0.2) is 24.4 Å². The molecule has 0 atom stereocenters. The zero-order chi connectivity index (χ0) is 12.4. The fraction of sp³-hybridized carbons (Fsp3) is 0.250. The molecule has 0 saturated heterocycles. The van der Waals surface area contributed by atoms with E-state index in [1.165, 1.54) is 0 Å². The van der Waals surface area contributed by atoms with Crippen LogP contribution < -0.4 is 0 Å². The Bertz CT molecular complexity index is 546. The van der Waals surface area contributed by atoms with Crippen molar-refractivity contribution in [2.75, 3.05) is 0 Å². The Kier molecular flexibility index (Phi) is 2.91. The van der Waals surface area contributed by atoms with Crippen LogP contribution in [0, 0.1) is 6.92 Å². The van der Waals surface area contributed by atoms with E-state index in [9.17, 15) is 4.79 Å². The number of rotatable bonds is 3. The second kappa shape index (κ2) is 4.37. The molecule has 88 valence electrons. The Balaban J connectivity index is 2.55. The quantitative estimate of drug-likeness (QED) is 0.867. The molecule has 2 aromatic heterocycles. The van der Waals surface area contributed by atoms with Gasteiger partial charge in [0.25, 0.3) is 0 Å². The van der Waals surface area contributed by atoms with Gasteiger partial charge in [0.1, 0.15) is 0 Å². The van der Waals surface area contributed by atoms with Crippen LogP contribution in [0.2, 0.25) is 0 Å². The van der Waals surface area contributed by atoms with Gasteiger partial charge in [0.2, 0.25) is 0 Å². The van der Waals surface area contributed by atoms with E-state index in [0.717, 1.165) is 17.0 Å². The van der Waals surface area contributed by atoms with Crippen molar-refractivity contribution in [2.24, 2.45) is 7.05 Å². The predicted octanol–water partition coefficient (Wildman–Crippen LogP) is 1.42. The third kappa shape index (κ3) is 2.18. The van der Waals surface area contributed by atoms with Crippen LogP contribution >= 0.6 is 0 Å². The largest absolute Gasteiger partial charge is 0.481 e. The fourth-order valence-corrected chi connectivity index (χ4v) is 1.79.